The van der Waals surface area contributed by atoms with Crippen LogP contribution in [-0.2, 0) is 15.5 Å². The highest BCUT2D eigenvalue weighted by Crippen LogP contribution is 2.37. The zero-order valence-electron chi connectivity index (χ0n) is 13.4. The molecule has 1 aliphatic rings. The molecular weight excluding hydrogens is 276 g/mol. The van der Waals surface area contributed by atoms with Gasteiger partial charge >= 0.3 is 6.03 Å². The minimum Gasteiger partial charge on any atom is -0.367 e. The number of rotatable bonds is 5. The molecule has 0 saturated carbocycles. The number of urea groups is 1. The monoisotopic (exact) mass is 304 g/mol. The molecule has 0 bridgehead atoms. The Morgan fingerprint density at radius 1 is 1.40 bits per heavy atom. The van der Waals surface area contributed by atoms with Crippen molar-refractivity contribution in [1.29, 1.82) is 0 Å². The maximum absolute atomic E-state index is 11.9. The molecule has 0 aromatic heterocycles. The molecule has 0 radical (unpaired) electrons. The number of carbonyl (C=O) groups is 1. The maximum Gasteiger partial charge on any atom is 0.315 e. The van der Waals surface area contributed by atoms with Crippen LogP contribution in [0.2, 0.25) is 0 Å². The fourth-order valence-electron chi connectivity index (χ4n) is 2.55. The Hall–Kier alpha value is -0.620. The molecule has 5 nitrogen and oxygen atoms in total. The Balaban J connectivity index is 2.38. The molecule has 1 heterocycles. The smallest absolute Gasteiger partial charge is 0.315 e. The second-order valence-electron chi connectivity index (χ2n) is 6.72. The Morgan fingerprint density at radius 2 is 2.00 bits per heavy atom. The Morgan fingerprint density at radius 3 is 2.45 bits per heavy atom. The lowest BCUT2D eigenvalue weighted by molar-refractivity contribution is -0.0690. The summed E-state index contributed by atoms with van der Waals surface area (Å²) in [6.45, 7) is 10.5. The SMILES string of the molecule is C[C@H](CCNC(=O)N[C@H]1CC(C)(C)OC1(C)C)[S@](C)=O. The second-order valence-corrected chi connectivity index (χ2v) is 8.52. The van der Waals surface area contributed by atoms with Crippen LogP contribution in [0.4, 0.5) is 4.79 Å². The van der Waals surface area contributed by atoms with E-state index in [4.69, 9.17) is 4.74 Å². The molecule has 2 N–H and O–H groups in total. The summed E-state index contributed by atoms with van der Waals surface area (Å²) in [6.07, 6.45) is 3.20. The fourth-order valence-corrected chi connectivity index (χ4v) is 3.00. The average molecular weight is 304 g/mol. The number of hydrogen-bond acceptors (Lipinski definition) is 3. The van der Waals surface area contributed by atoms with E-state index in [1.54, 1.807) is 6.26 Å². The van der Waals surface area contributed by atoms with Crippen LogP contribution in [-0.4, -0.2) is 45.5 Å². The van der Waals surface area contributed by atoms with Crippen LogP contribution >= 0.6 is 0 Å². The minimum absolute atomic E-state index is 0.00442. The normalized spacial score (nSPS) is 26.8. The van der Waals surface area contributed by atoms with E-state index in [-0.39, 0.29) is 28.5 Å². The average Bonchev–Trinajstić information content (AvgIpc) is 2.45. The van der Waals surface area contributed by atoms with Gasteiger partial charge in [-0.05, 0) is 40.5 Å². The third-order valence-electron chi connectivity index (χ3n) is 3.78. The summed E-state index contributed by atoms with van der Waals surface area (Å²) >= 11 is 0. The van der Waals surface area contributed by atoms with Gasteiger partial charge in [0, 0.05) is 28.9 Å². The number of ether oxygens (including phenoxy) is 1. The van der Waals surface area contributed by atoms with Gasteiger partial charge in [0.25, 0.3) is 0 Å². The van der Waals surface area contributed by atoms with E-state index in [9.17, 15) is 9.00 Å². The first-order valence-electron chi connectivity index (χ1n) is 7.10. The zero-order valence-corrected chi connectivity index (χ0v) is 14.2. The van der Waals surface area contributed by atoms with Gasteiger partial charge in [0.05, 0.1) is 17.2 Å². The van der Waals surface area contributed by atoms with Crippen molar-refractivity contribution in [3.63, 3.8) is 0 Å². The van der Waals surface area contributed by atoms with Crippen LogP contribution < -0.4 is 10.6 Å². The van der Waals surface area contributed by atoms with Crippen LogP contribution in [0.25, 0.3) is 0 Å². The Kier molecular flexibility index (Phi) is 5.61. The van der Waals surface area contributed by atoms with Crippen molar-refractivity contribution in [1.82, 2.24) is 10.6 Å². The summed E-state index contributed by atoms with van der Waals surface area (Å²) < 4.78 is 17.2. The number of amides is 2. The van der Waals surface area contributed by atoms with Crippen molar-refractivity contribution < 1.29 is 13.7 Å². The standard InChI is InChI=1S/C14H28N2O3S/c1-10(20(6)18)7-8-15-12(17)16-11-9-13(2,3)19-14(11,4)5/h10-11H,7-9H2,1-6H3,(H2,15,16,17)/t10-,11+,20+/m1/s1. The highest BCUT2D eigenvalue weighted by atomic mass is 32.2. The molecule has 118 valence electrons. The first-order chi connectivity index (χ1) is 9.03. The number of hydrogen-bond donors (Lipinski definition) is 2. The van der Waals surface area contributed by atoms with Gasteiger partial charge in [-0.3, -0.25) is 4.21 Å². The summed E-state index contributed by atoms with van der Waals surface area (Å²) in [6, 6.07) is -0.186. The van der Waals surface area contributed by atoms with E-state index in [2.05, 4.69) is 10.6 Å². The molecule has 0 spiro atoms. The third-order valence-corrected chi connectivity index (χ3v) is 5.15. The van der Waals surface area contributed by atoms with Crippen LogP contribution in [0.15, 0.2) is 0 Å². The fraction of sp³-hybridized carbons (Fsp3) is 0.929. The third kappa shape index (κ3) is 5.05. The highest BCUT2D eigenvalue weighted by Gasteiger charge is 2.46. The molecule has 1 fully saturated rings. The summed E-state index contributed by atoms with van der Waals surface area (Å²) in [5, 5.41) is 5.89. The Labute approximate surface area is 124 Å². The quantitative estimate of drug-likeness (QED) is 0.813. The molecule has 1 saturated heterocycles. The van der Waals surface area contributed by atoms with Gasteiger partial charge < -0.3 is 15.4 Å². The molecule has 1 aliphatic heterocycles. The van der Waals surface area contributed by atoms with E-state index >= 15 is 0 Å². The summed E-state index contributed by atoms with van der Waals surface area (Å²) in [5.41, 5.74) is -0.575. The molecule has 0 unspecified atom stereocenters. The topological polar surface area (TPSA) is 67.4 Å². The molecule has 3 atom stereocenters. The van der Waals surface area contributed by atoms with E-state index < -0.39 is 10.8 Å². The van der Waals surface area contributed by atoms with E-state index in [0.717, 1.165) is 6.42 Å². The molecule has 6 heteroatoms. The van der Waals surface area contributed by atoms with Gasteiger partial charge in [-0.2, -0.15) is 0 Å². The summed E-state index contributed by atoms with van der Waals surface area (Å²) in [4.78, 5) is 11.9. The minimum atomic E-state index is -0.844. The van der Waals surface area contributed by atoms with Gasteiger partial charge in [0.2, 0.25) is 0 Å². The summed E-state index contributed by atoms with van der Waals surface area (Å²) in [5.74, 6) is 0. The van der Waals surface area contributed by atoms with Crippen molar-refractivity contribution in [2.24, 2.45) is 0 Å². The largest absolute Gasteiger partial charge is 0.367 e. The molecule has 1 rings (SSSR count). The second kappa shape index (κ2) is 6.43. The van der Waals surface area contributed by atoms with Crippen molar-refractivity contribution in [3.8, 4) is 0 Å². The molecule has 2 amide bonds. The van der Waals surface area contributed by atoms with Crippen molar-refractivity contribution in [2.45, 2.75) is 70.0 Å². The number of carbonyl (C=O) groups excluding carboxylic acids is 1. The van der Waals surface area contributed by atoms with Crippen molar-refractivity contribution in [3.05, 3.63) is 0 Å². The molecule has 20 heavy (non-hydrogen) atoms. The zero-order chi connectivity index (χ0) is 15.6. The van der Waals surface area contributed by atoms with Crippen molar-refractivity contribution >= 4 is 16.8 Å². The van der Waals surface area contributed by atoms with Crippen LogP contribution in [0.1, 0.15) is 47.5 Å². The Bertz CT molecular complexity index is 383. The summed E-state index contributed by atoms with van der Waals surface area (Å²) in [7, 11) is -0.844. The van der Waals surface area contributed by atoms with E-state index in [1.807, 2.05) is 34.6 Å². The number of nitrogens with one attached hydrogen (secondary N) is 2. The van der Waals surface area contributed by atoms with Gasteiger partial charge in [0.15, 0.2) is 0 Å². The van der Waals surface area contributed by atoms with Gasteiger partial charge in [-0.25, -0.2) is 4.79 Å². The van der Waals surface area contributed by atoms with Gasteiger partial charge in [0.1, 0.15) is 0 Å². The van der Waals surface area contributed by atoms with Crippen LogP contribution in [0.5, 0.6) is 0 Å². The van der Waals surface area contributed by atoms with Gasteiger partial charge in [-0.1, -0.05) is 6.92 Å². The lowest BCUT2D eigenvalue weighted by Crippen LogP contribution is -2.50. The lowest BCUT2D eigenvalue weighted by atomic mass is 9.95. The molecular formula is C14H28N2O3S. The van der Waals surface area contributed by atoms with Crippen LogP contribution in [0.3, 0.4) is 0 Å². The predicted octanol–water partition coefficient (Wildman–Crippen LogP) is 1.79. The first-order valence-corrected chi connectivity index (χ1v) is 8.72. The molecule has 0 aromatic carbocycles. The molecule has 0 aromatic rings. The lowest BCUT2D eigenvalue weighted by Gasteiger charge is -2.27. The predicted molar refractivity (Wildman–Crippen MR) is 82.3 cm³/mol. The first kappa shape index (κ1) is 17.4. The van der Waals surface area contributed by atoms with Gasteiger partial charge in [-0.15, -0.1) is 0 Å². The highest BCUT2D eigenvalue weighted by molar-refractivity contribution is 7.84. The van der Waals surface area contributed by atoms with Crippen LogP contribution in [0, 0.1) is 0 Å². The van der Waals surface area contributed by atoms with E-state index in [0.29, 0.717) is 13.0 Å². The van der Waals surface area contributed by atoms with E-state index in [1.165, 1.54) is 0 Å². The van der Waals surface area contributed by atoms with Crippen molar-refractivity contribution in [2.75, 3.05) is 12.8 Å². The molecule has 0 aliphatic carbocycles. The maximum atomic E-state index is 11.9.